The second-order valence-electron chi connectivity index (χ2n) is 17.2. The summed E-state index contributed by atoms with van der Waals surface area (Å²) < 4.78 is 190. The molecule has 0 fully saturated rings. The molecule has 0 saturated heterocycles. The van der Waals surface area contributed by atoms with Crippen LogP contribution in [0.4, 0.5) is 39.5 Å². The maximum Gasteiger partial charge on any atom is 0.435 e. The largest absolute Gasteiger partial charge is 0.435 e. The van der Waals surface area contributed by atoms with Crippen molar-refractivity contribution >= 4 is 30.1 Å². The number of aromatic nitrogens is 6. The Hall–Kier alpha value is -7.95. The fourth-order valence-corrected chi connectivity index (χ4v) is 8.82. The van der Waals surface area contributed by atoms with Crippen molar-refractivity contribution in [3.05, 3.63) is 198 Å². The number of alkyl halides is 9. The summed E-state index contributed by atoms with van der Waals surface area (Å²) in [5.41, 5.74) is 2.99. The van der Waals surface area contributed by atoms with E-state index in [0.717, 1.165) is 48.9 Å². The van der Waals surface area contributed by atoms with Gasteiger partial charge in [-0.1, -0.05) is 89.5 Å². The lowest BCUT2D eigenvalue weighted by Crippen LogP contribution is -2.12. The number of aryl methyl sites for hydroxylation is 3. The van der Waals surface area contributed by atoms with Gasteiger partial charge in [0.15, 0.2) is 17.1 Å². The van der Waals surface area contributed by atoms with E-state index in [9.17, 15) is 64.8 Å². The van der Waals surface area contributed by atoms with Gasteiger partial charge in [0.2, 0.25) is 30.1 Å². The zero-order valence-electron chi connectivity index (χ0n) is 40.6. The van der Waals surface area contributed by atoms with E-state index in [4.69, 9.17) is 15.4 Å². The van der Waals surface area contributed by atoms with Crippen LogP contribution in [0.15, 0.2) is 178 Å². The van der Waals surface area contributed by atoms with E-state index in [0.29, 0.717) is 16.7 Å². The SMILES string of the molecule is Cc1ccc(-c2cc(C(F)(F)F)nn2-c2ccc(S(N)(=O)=O)cc2)cc1.Cc1ccc(-c2cc(C(F)(F)F)nn2-c2ccc(S(N)(=O)=O)cc2)cc1.Cc1ccc(-c2cc(C(F)(F)F)nn2-c2ccc(S(N)(=O)=O)cc2)cc1. The van der Waals surface area contributed by atoms with Crippen molar-refractivity contribution in [2.75, 3.05) is 0 Å². The molecule has 0 amide bonds. The Kier molecular flexibility index (Phi) is 16.2. The number of hydrogen-bond acceptors (Lipinski definition) is 9. The van der Waals surface area contributed by atoms with Gasteiger partial charge < -0.3 is 0 Å². The molecule has 0 spiro atoms. The number of hydrogen-bond donors (Lipinski definition) is 3. The second-order valence-corrected chi connectivity index (χ2v) is 21.9. The summed E-state index contributed by atoms with van der Waals surface area (Å²) in [6.45, 7) is 5.61. The van der Waals surface area contributed by atoms with Crippen LogP contribution >= 0.6 is 0 Å². The van der Waals surface area contributed by atoms with E-state index in [-0.39, 0.29) is 48.8 Å². The molecule has 9 rings (SSSR count). The van der Waals surface area contributed by atoms with E-state index >= 15 is 0 Å². The van der Waals surface area contributed by atoms with Crippen LogP contribution in [0.2, 0.25) is 0 Å². The average molecular weight is 1140 g/mol. The molecule has 3 heterocycles. The first-order valence-electron chi connectivity index (χ1n) is 22.3. The molecule has 9 aromatic rings. The Morgan fingerprint density at radius 1 is 0.333 bits per heavy atom. The van der Waals surface area contributed by atoms with Gasteiger partial charge in [-0.15, -0.1) is 0 Å². The Morgan fingerprint density at radius 2 is 0.526 bits per heavy atom. The lowest BCUT2D eigenvalue weighted by atomic mass is 10.1. The molecule has 0 saturated carbocycles. The van der Waals surface area contributed by atoms with Crippen LogP contribution in [-0.2, 0) is 48.6 Å². The van der Waals surface area contributed by atoms with E-state index in [1.807, 2.05) is 20.8 Å². The molecule has 3 aromatic heterocycles. The van der Waals surface area contributed by atoms with Gasteiger partial charge >= 0.3 is 18.5 Å². The number of sulfonamides is 3. The first kappa shape index (κ1) is 57.7. The summed E-state index contributed by atoms with van der Waals surface area (Å²) in [4.78, 5) is -0.413. The third-order valence-electron chi connectivity index (χ3n) is 11.3. The van der Waals surface area contributed by atoms with Gasteiger partial charge in [-0.25, -0.2) is 54.7 Å². The molecule has 0 unspecified atom stereocenters. The molecule has 6 aromatic carbocycles. The topological polar surface area (TPSA) is 234 Å². The molecule has 0 aliphatic carbocycles. The zero-order valence-corrected chi connectivity index (χ0v) is 43.0. The highest BCUT2D eigenvalue weighted by atomic mass is 32.2. The Bertz CT molecular complexity index is 3530. The molecular weight excluding hydrogens is 1100 g/mol. The minimum atomic E-state index is -4.61. The van der Waals surface area contributed by atoms with Crippen LogP contribution in [0.1, 0.15) is 33.8 Å². The average Bonchev–Trinajstić information content (AvgIpc) is 4.16. The number of rotatable bonds is 9. The monoisotopic (exact) mass is 1140 g/mol. The van der Waals surface area contributed by atoms with Crippen LogP contribution < -0.4 is 15.4 Å². The summed E-state index contributed by atoms with van der Waals surface area (Å²) >= 11 is 0. The number of primary sulfonamides is 3. The van der Waals surface area contributed by atoms with Crippen LogP contribution in [0.5, 0.6) is 0 Å². The Balaban J connectivity index is 0.000000170. The molecule has 27 heteroatoms. The number of nitrogens with zero attached hydrogens (tertiary/aromatic N) is 6. The first-order chi connectivity index (χ1) is 36.2. The van der Waals surface area contributed by atoms with Crippen LogP contribution in [-0.4, -0.2) is 54.6 Å². The van der Waals surface area contributed by atoms with Gasteiger partial charge in [-0.3, -0.25) is 0 Å². The molecule has 0 atom stereocenters. The smallest absolute Gasteiger partial charge is 0.233 e. The van der Waals surface area contributed by atoms with E-state index in [1.165, 1.54) is 72.8 Å². The molecule has 408 valence electrons. The maximum atomic E-state index is 13.1. The fourth-order valence-electron chi connectivity index (χ4n) is 7.27. The molecule has 0 aliphatic rings. The van der Waals surface area contributed by atoms with Crippen molar-refractivity contribution in [3.8, 4) is 50.8 Å². The quantitative estimate of drug-likeness (QED) is 0.116. The van der Waals surface area contributed by atoms with Gasteiger partial charge in [0.1, 0.15) is 0 Å². The normalized spacial score (nSPS) is 12.3. The van der Waals surface area contributed by atoms with Gasteiger partial charge in [-0.05, 0) is 112 Å². The summed E-state index contributed by atoms with van der Waals surface area (Å²) in [5, 5.41) is 26.1. The first-order valence-corrected chi connectivity index (χ1v) is 26.9. The third kappa shape index (κ3) is 14.0. The number of nitrogens with two attached hydrogens (primary N) is 3. The van der Waals surface area contributed by atoms with Gasteiger partial charge in [0.25, 0.3) is 0 Å². The molecule has 78 heavy (non-hydrogen) atoms. The summed E-state index contributed by atoms with van der Waals surface area (Å²) in [6, 6.07) is 39.2. The van der Waals surface area contributed by atoms with Crippen molar-refractivity contribution < 1.29 is 64.8 Å². The minimum Gasteiger partial charge on any atom is -0.233 e. The highest BCUT2D eigenvalue weighted by molar-refractivity contribution is 7.89. The highest BCUT2D eigenvalue weighted by Crippen LogP contribution is 2.37. The van der Waals surface area contributed by atoms with Crippen LogP contribution in [0.3, 0.4) is 0 Å². The second kappa shape index (κ2) is 21.8. The Labute approximate surface area is 440 Å². The summed E-state index contributed by atoms with van der Waals surface area (Å²) in [7, 11) is -11.7. The summed E-state index contributed by atoms with van der Waals surface area (Å²) in [6.07, 6.45) is -13.8. The Morgan fingerprint density at radius 3 is 0.692 bits per heavy atom. The van der Waals surface area contributed by atoms with Crippen molar-refractivity contribution in [3.63, 3.8) is 0 Å². The minimum absolute atomic E-state index is 0.138. The standard InChI is InChI=1S/3C17H14F3N3O2S/c3*1-11-2-4-12(5-3-11)15-10-16(17(18,19)20)22-23(15)13-6-8-14(9-7-13)26(21,24)25/h3*2-10H,1H3,(H2,21,24,25). The van der Waals surface area contributed by atoms with Crippen LogP contribution in [0.25, 0.3) is 50.8 Å². The molecular formula is C51H42F9N9O6S3. The fraction of sp³-hybridized carbons (Fsp3) is 0.118. The third-order valence-corrected chi connectivity index (χ3v) is 14.1. The molecule has 6 N–H and O–H groups in total. The van der Waals surface area contributed by atoms with Crippen LogP contribution in [0, 0.1) is 20.8 Å². The lowest BCUT2D eigenvalue weighted by Gasteiger charge is -2.09. The van der Waals surface area contributed by atoms with Gasteiger partial charge in [-0.2, -0.15) is 54.8 Å². The van der Waals surface area contributed by atoms with E-state index < -0.39 is 65.7 Å². The predicted octanol–water partition coefficient (Wildman–Crippen LogP) is 10.5. The van der Waals surface area contributed by atoms with Crippen molar-refractivity contribution in [1.29, 1.82) is 0 Å². The predicted molar refractivity (Wildman–Crippen MR) is 270 cm³/mol. The van der Waals surface area contributed by atoms with Gasteiger partial charge in [0, 0.05) is 16.7 Å². The molecule has 0 aliphatic heterocycles. The van der Waals surface area contributed by atoms with Crippen molar-refractivity contribution in [1.82, 2.24) is 29.3 Å². The maximum absolute atomic E-state index is 13.1. The highest BCUT2D eigenvalue weighted by Gasteiger charge is 2.37. The molecule has 0 radical (unpaired) electrons. The van der Waals surface area contributed by atoms with Crippen molar-refractivity contribution in [2.24, 2.45) is 15.4 Å². The van der Waals surface area contributed by atoms with Gasteiger partial charge in [0.05, 0.1) is 48.8 Å². The van der Waals surface area contributed by atoms with E-state index in [2.05, 4.69) is 15.3 Å². The van der Waals surface area contributed by atoms with Crippen molar-refractivity contribution in [2.45, 2.75) is 54.0 Å². The molecule has 15 nitrogen and oxygen atoms in total. The number of halogens is 9. The lowest BCUT2D eigenvalue weighted by molar-refractivity contribution is -0.142. The molecule has 0 bridgehead atoms. The summed E-state index contributed by atoms with van der Waals surface area (Å²) in [5.74, 6) is 0. The number of benzene rings is 6. The zero-order chi connectivity index (χ0) is 57.3. The van der Waals surface area contributed by atoms with E-state index in [1.54, 1.807) is 72.8 Å².